The summed E-state index contributed by atoms with van der Waals surface area (Å²) in [7, 11) is 0. The third-order valence-corrected chi connectivity index (χ3v) is 6.27. The molecule has 148 valence electrons. The first kappa shape index (κ1) is 19.8. The Morgan fingerprint density at radius 2 is 2.00 bits per heavy atom. The van der Waals surface area contributed by atoms with E-state index < -0.39 is 0 Å². The van der Waals surface area contributed by atoms with Crippen LogP contribution in [0.25, 0.3) is 0 Å². The zero-order valence-corrected chi connectivity index (χ0v) is 16.6. The highest BCUT2D eigenvalue weighted by atomic mass is 16.2. The van der Waals surface area contributed by atoms with Crippen LogP contribution in [0.4, 0.5) is 5.69 Å². The minimum Gasteiger partial charge on any atom is -0.368 e. The van der Waals surface area contributed by atoms with Gasteiger partial charge >= 0.3 is 0 Å². The average molecular weight is 373 g/mol. The summed E-state index contributed by atoms with van der Waals surface area (Å²) in [5.74, 6) is 0.0836. The van der Waals surface area contributed by atoms with E-state index in [9.17, 15) is 9.59 Å². The lowest BCUT2D eigenvalue weighted by Gasteiger charge is -2.51. The number of carbonyl (C=O) groups is 2. The molecule has 0 aromatic heterocycles. The number of rotatable bonds is 7. The van der Waals surface area contributed by atoms with Crippen molar-refractivity contribution in [2.24, 2.45) is 0 Å². The molecule has 2 aliphatic rings. The highest BCUT2D eigenvalue weighted by Crippen LogP contribution is 2.28. The summed E-state index contributed by atoms with van der Waals surface area (Å²) in [4.78, 5) is 26.8. The lowest BCUT2D eigenvalue weighted by molar-refractivity contribution is -0.125. The Kier molecular flexibility index (Phi) is 6.50. The van der Waals surface area contributed by atoms with Gasteiger partial charge in [-0.15, -0.1) is 0 Å². The summed E-state index contributed by atoms with van der Waals surface area (Å²) in [6.45, 7) is 11.1. The molecular formula is C21H32N4O2. The molecule has 6 nitrogen and oxygen atoms in total. The Labute approximate surface area is 162 Å². The van der Waals surface area contributed by atoms with Crippen molar-refractivity contribution in [3.63, 3.8) is 0 Å². The van der Waals surface area contributed by atoms with Crippen LogP contribution in [0.3, 0.4) is 0 Å². The molecular weight excluding hydrogens is 340 g/mol. The number of hydrogen-bond acceptors (Lipinski definition) is 5. The molecule has 3 atom stereocenters. The van der Waals surface area contributed by atoms with Crippen molar-refractivity contribution >= 4 is 18.0 Å². The van der Waals surface area contributed by atoms with Gasteiger partial charge in [-0.05, 0) is 43.9 Å². The molecule has 2 saturated heterocycles. The molecule has 2 N–H and O–H groups in total. The number of nitrogens with zero attached hydrogens (tertiary/aromatic N) is 2. The molecule has 0 aliphatic carbocycles. The summed E-state index contributed by atoms with van der Waals surface area (Å²) < 4.78 is 0. The van der Waals surface area contributed by atoms with Gasteiger partial charge in [-0.2, -0.15) is 0 Å². The Morgan fingerprint density at radius 1 is 1.30 bits per heavy atom. The number of amides is 2. The maximum Gasteiger partial charge on any atom is 0.226 e. The number of hydrogen-bond donors (Lipinski definition) is 2. The second-order valence-corrected chi connectivity index (χ2v) is 8.00. The van der Waals surface area contributed by atoms with Gasteiger partial charge in [-0.25, -0.2) is 0 Å². The molecule has 2 amide bonds. The molecule has 0 spiro atoms. The van der Waals surface area contributed by atoms with E-state index in [1.165, 1.54) is 11.3 Å². The number of piperazine rings is 1. The van der Waals surface area contributed by atoms with Crippen LogP contribution in [0, 0.1) is 0 Å². The van der Waals surface area contributed by atoms with E-state index in [1.54, 1.807) is 0 Å². The van der Waals surface area contributed by atoms with Crippen molar-refractivity contribution in [2.45, 2.75) is 57.7 Å². The fraction of sp³-hybridized carbons (Fsp3) is 0.619. The molecule has 1 aromatic rings. The van der Waals surface area contributed by atoms with Crippen LogP contribution in [-0.2, 0) is 9.59 Å². The predicted molar refractivity (Wildman–Crippen MR) is 108 cm³/mol. The largest absolute Gasteiger partial charge is 0.368 e. The minimum atomic E-state index is -0.212. The second kappa shape index (κ2) is 8.85. The van der Waals surface area contributed by atoms with E-state index in [4.69, 9.17) is 0 Å². The summed E-state index contributed by atoms with van der Waals surface area (Å²) in [5, 5.41) is 5.75. The van der Waals surface area contributed by atoms with Gasteiger partial charge in [-0.1, -0.05) is 19.1 Å². The highest BCUT2D eigenvalue weighted by molar-refractivity contribution is 5.85. The van der Waals surface area contributed by atoms with Gasteiger partial charge in [-0.3, -0.25) is 19.8 Å². The molecule has 0 radical (unpaired) electrons. The van der Waals surface area contributed by atoms with E-state index in [0.717, 1.165) is 32.6 Å². The van der Waals surface area contributed by atoms with Crippen molar-refractivity contribution in [1.29, 1.82) is 0 Å². The van der Waals surface area contributed by atoms with Crippen LogP contribution < -0.4 is 15.5 Å². The van der Waals surface area contributed by atoms with Gasteiger partial charge in [0.25, 0.3) is 0 Å². The molecule has 2 unspecified atom stereocenters. The first-order valence-corrected chi connectivity index (χ1v) is 10.1. The predicted octanol–water partition coefficient (Wildman–Crippen LogP) is 1.71. The lowest BCUT2D eigenvalue weighted by Crippen LogP contribution is -2.67. The molecule has 2 aliphatic heterocycles. The zero-order valence-electron chi connectivity index (χ0n) is 16.6. The van der Waals surface area contributed by atoms with Crippen molar-refractivity contribution in [1.82, 2.24) is 15.5 Å². The molecule has 27 heavy (non-hydrogen) atoms. The van der Waals surface area contributed by atoms with E-state index in [0.29, 0.717) is 36.9 Å². The van der Waals surface area contributed by atoms with Crippen molar-refractivity contribution in [3.05, 3.63) is 29.8 Å². The van der Waals surface area contributed by atoms with Gasteiger partial charge in [0.2, 0.25) is 12.3 Å². The molecule has 0 saturated carbocycles. The van der Waals surface area contributed by atoms with Crippen molar-refractivity contribution in [2.75, 3.05) is 31.1 Å². The average Bonchev–Trinajstić information content (AvgIpc) is 2.63. The normalized spacial score (nSPS) is 24.9. The van der Waals surface area contributed by atoms with E-state index in [2.05, 4.69) is 65.5 Å². The summed E-state index contributed by atoms with van der Waals surface area (Å²) >= 11 is 0. The van der Waals surface area contributed by atoms with E-state index in [-0.39, 0.29) is 5.91 Å². The van der Waals surface area contributed by atoms with E-state index in [1.807, 2.05) is 0 Å². The van der Waals surface area contributed by atoms with Crippen molar-refractivity contribution < 1.29 is 9.59 Å². The zero-order chi connectivity index (χ0) is 19.4. The van der Waals surface area contributed by atoms with Crippen LogP contribution in [0.2, 0.25) is 0 Å². The third-order valence-electron chi connectivity index (χ3n) is 6.27. The number of imide groups is 1. The van der Waals surface area contributed by atoms with Crippen molar-refractivity contribution in [3.8, 4) is 0 Å². The fourth-order valence-corrected chi connectivity index (χ4v) is 4.14. The van der Waals surface area contributed by atoms with Crippen LogP contribution in [0.5, 0.6) is 0 Å². The Hall–Kier alpha value is -1.92. The summed E-state index contributed by atoms with van der Waals surface area (Å²) in [6.07, 6.45) is 1.56. The monoisotopic (exact) mass is 372 g/mol. The smallest absolute Gasteiger partial charge is 0.226 e. The maximum absolute atomic E-state index is 11.4. The summed E-state index contributed by atoms with van der Waals surface area (Å²) in [5.41, 5.74) is 2.51. The quantitative estimate of drug-likeness (QED) is 0.714. The Bertz CT molecular complexity index is 642. The van der Waals surface area contributed by atoms with Crippen LogP contribution in [0.1, 0.15) is 45.1 Å². The van der Waals surface area contributed by atoms with Gasteiger partial charge in [0, 0.05) is 56.4 Å². The topological polar surface area (TPSA) is 64.7 Å². The number of anilines is 1. The molecule has 3 rings (SSSR count). The Morgan fingerprint density at radius 3 is 2.67 bits per heavy atom. The number of nitrogens with one attached hydrogen (secondary N) is 2. The van der Waals surface area contributed by atoms with Crippen LogP contribution >= 0.6 is 0 Å². The van der Waals surface area contributed by atoms with Gasteiger partial charge < -0.3 is 10.2 Å². The first-order chi connectivity index (χ1) is 13.0. The van der Waals surface area contributed by atoms with Gasteiger partial charge in [0.1, 0.15) is 0 Å². The van der Waals surface area contributed by atoms with Crippen LogP contribution in [0.15, 0.2) is 24.3 Å². The fourth-order valence-electron chi connectivity index (χ4n) is 4.14. The van der Waals surface area contributed by atoms with Crippen LogP contribution in [-0.4, -0.2) is 61.5 Å². The molecule has 6 heteroatoms. The lowest BCUT2D eigenvalue weighted by atomic mass is 9.95. The summed E-state index contributed by atoms with van der Waals surface area (Å²) in [6, 6.07) is 10.5. The standard InChI is InChI=1S/C21H32N4O2/c1-15(4-9-21(27)23-14-26)18-5-7-19(8-6-18)24-12-20(13-24)25-11-10-22-16(2)17(25)3/h5-8,14-17,20,22H,4,9-13H2,1-3H3,(H,23,26,27)/t15?,16?,17-/m0/s1. The molecule has 2 fully saturated rings. The minimum absolute atomic E-state index is 0.212. The van der Waals surface area contributed by atoms with Gasteiger partial charge in [0.05, 0.1) is 0 Å². The number of carbonyl (C=O) groups excluding carboxylic acids is 2. The molecule has 1 aromatic carbocycles. The maximum atomic E-state index is 11.4. The molecule has 0 bridgehead atoms. The Balaban J connectivity index is 1.48. The SMILES string of the molecule is CC(CCC(=O)NC=O)c1ccc(N2CC(N3CCNC(C)[C@@H]3C)C2)cc1. The third kappa shape index (κ3) is 4.68. The molecule has 2 heterocycles. The number of benzene rings is 1. The van der Waals surface area contributed by atoms with E-state index >= 15 is 0 Å². The first-order valence-electron chi connectivity index (χ1n) is 10.1. The highest BCUT2D eigenvalue weighted by Gasteiger charge is 2.37. The second-order valence-electron chi connectivity index (χ2n) is 8.00. The van der Waals surface area contributed by atoms with Gasteiger partial charge in [0.15, 0.2) is 0 Å².